The van der Waals surface area contributed by atoms with E-state index in [9.17, 15) is 9.18 Å². The number of carbonyl (C=O) groups is 1. The summed E-state index contributed by atoms with van der Waals surface area (Å²) in [5, 5.41) is 0. The Bertz CT molecular complexity index is 697. The van der Waals surface area contributed by atoms with E-state index in [1.807, 2.05) is 6.92 Å². The molecular weight excluding hydrogens is 299 g/mol. The first-order valence-electron chi connectivity index (χ1n) is 7.47. The summed E-state index contributed by atoms with van der Waals surface area (Å²) in [5.41, 5.74) is 1.54. The van der Waals surface area contributed by atoms with Crippen LogP contribution in [0, 0.1) is 12.7 Å². The first-order valence-corrected chi connectivity index (χ1v) is 7.47. The number of aromatic nitrogens is 2. The molecule has 1 aliphatic heterocycles. The second-order valence-electron chi connectivity index (χ2n) is 5.50. The van der Waals surface area contributed by atoms with Crippen LogP contribution < -0.4 is 4.74 Å². The van der Waals surface area contributed by atoms with Crippen molar-refractivity contribution >= 4 is 5.78 Å². The van der Waals surface area contributed by atoms with Crippen molar-refractivity contribution in [2.45, 2.75) is 25.9 Å². The van der Waals surface area contributed by atoms with E-state index < -0.39 is 5.82 Å². The number of pyridine rings is 2. The van der Waals surface area contributed by atoms with Crippen molar-refractivity contribution in [1.82, 2.24) is 9.97 Å². The highest BCUT2D eigenvalue weighted by Gasteiger charge is 2.19. The normalized spacial score (nSPS) is 17.2. The zero-order valence-corrected chi connectivity index (χ0v) is 12.8. The van der Waals surface area contributed by atoms with E-state index in [1.165, 1.54) is 12.1 Å². The molecule has 2 aromatic rings. The van der Waals surface area contributed by atoms with Gasteiger partial charge in [0.05, 0.1) is 25.8 Å². The lowest BCUT2D eigenvalue weighted by molar-refractivity contribution is 0.0985. The first kappa shape index (κ1) is 15.6. The van der Waals surface area contributed by atoms with Gasteiger partial charge < -0.3 is 9.47 Å². The lowest BCUT2D eigenvalue weighted by atomic mass is 10.1. The van der Waals surface area contributed by atoms with Crippen LogP contribution >= 0.6 is 0 Å². The largest absolute Gasteiger partial charge is 0.488 e. The molecule has 0 spiro atoms. The van der Waals surface area contributed by atoms with Gasteiger partial charge in [0.25, 0.3) is 0 Å². The third-order valence-electron chi connectivity index (χ3n) is 3.53. The van der Waals surface area contributed by atoms with Crippen LogP contribution in [-0.2, 0) is 11.2 Å². The molecule has 3 rings (SSSR count). The van der Waals surface area contributed by atoms with Crippen LogP contribution in [-0.4, -0.2) is 35.1 Å². The average Bonchev–Trinajstić information content (AvgIpc) is 3.02. The predicted octanol–water partition coefficient (Wildman–Crippen LogP) is 2.52. The lowest BCUT2D eigenvalue weighted by Crippen LogP contribution is -2.16. The van der Waals surface area contributed by atoms with Gasteiger partial charge in [0.15, 0.2) is 5.78 Å². The van der Waals surface area contributed by atoms with Crippen LogP contribution in [0.15, 0.2) is 30.5 Å². The second-order valence-corrected chi connectivity index (χ2v) is 5.50. The topological polar surface area (TPSA) is 61.3 Å². The number of hydrogen-bond acceptors (Lipinski definition) is 5. The van der Waals surface area contributed by atoms with Crippen molar-refractivity contribution in [2.24, 2.45) is 0 Å². The summed E-state index contributed by atoms with van der Waals surface area (Å²) in [4.78, 5) is 20.5. The Hall–Kier alpha value is -2.34. The molecule has 5 nitrogen and oxygen atoms in total. The fourth-order valence-corrected chi connectivity index (χ4v) is 2.41. The van der Waals surface area contributed by atoms with Crippen LogP contribution in [0.2, 0.25) is 0 Å². The van der Waals surface area contributed by atoms with Crippen molar-refractivity contribution in [3.05, 3.63) is 53.4 Å². The lowest BCUT2D eigenvalue weighted by Gasteiger charge is -2.13. The number of Topliss-reactive ketones (excluding diaryl/α,β-unsaturated/α-hetero) is 1. The fourth-order valence-electron chi connectivity index (χ4n) is 2.41. The van der Waals surface area contributed by atoms with E-state index in [-0.39, 0.29) is 18.3 Å². The van der Waals surface area contributed by atoms with Crippen LogP contribution in [0.4, 0.5) is 4.39 Å². The average molecular weight is 316 g/mol. The zero-order valence-electron chi connectivity index (χ0n) is 12.8. The van der Waals surface area contributed by atoms with Gasteiger partial charge in [-0.15, -0.1) is 0 Å². The highest BCUT2D eigenvalue weighted by molar-refractivity contribution is 5.95. The monoisotopic (exact) mass is 316 g/mol. The number of hydrogen-bond donors (Lipinski definition) is 0. The molecule has 0 amide bonds. The Labute approximate surface area is 133 Å². The Morgan fingerprint density at radius 1 is 1.43 bits per heavy atom. The predicted molar refractivity (Wildman–Crippen MR) is 81.1 cm³/mol. The molecule has 0 N–H and O–H groups in total. The summed E-state index contributed by atoms with van der Waals surface area (Å²) in [5.74, 6) is 0.00749. The van der Waals surface area contributed by atoms with Crippen LogP contribution in [0.1, 0.15) is 28.3 Å². The molecule has 0 unspecified atom stereocenters. The molecule has 0 bridgehead atoms. The van der Waals surface area contributed by atoms with E-state index in [2.05, 4.69) is 9.97 Å². The van der Waals surface area contributed by atoms with E-state index in [0.717, 1.165) is 12.6 Å². The summed E-state index contributed by atoms with van der Waals surface area (Å²) in [7, 11) is 0. The van der Waals surface area contributed by atoms with Gasteiger partial charge in [-0.3, -0.25) is 9.78 Å². The number of aryl methyl sites for hydroxylation is 1. The third kappa shape index (κ3) is 4.10. The molecule has 120 valence electrons. The van der Waals surface area contributed by atoms with Crippen molar-refractivity contribution in [2.75, 3.05) is 13.2 Å². The minimum atomic E-state index is -0.427. The number of ether oxygens (including phenoxy) is 2. The summed E-state index contributed by atoms with van der Waals surface area (Å²) in [6.07, 6.45) is 2.02. The van der Waals surface area contributed by atoms with Crippen molar-refractivity contribution < 1.29 is 18.7 Å². The van der Waals surface area contributed by atoms with Gasteiger partial charge >= 0.3 is 0 Å². The van der Waals surface area contributed by atoms with Crippen molar-refractivity contribution in [3.8, 4) is 5.75 Å². The Morgan fingerprint density at radius 3 is 3.00 bits per heavy atom. The number of nitrogens with zero attached hydrogens (tertiary/aromatic N) is 2. The molecule has 2 aromatic heterocycles. The minimum absolute atomic E-state index is 0.0125. The molecule has 1 aliphatic rings. The Kier molecular flexibility index (Phi) is 4.62. The molecule has 0 aliphatic carbocycles. The third-order valence-corrected chi connectivity index (χ3v) is 3.53. The summed E-state index contributed by atoms with van der Waals surface area (Å²) >= 11 is 0. The molecule has 1 atom stereocenters. The minimum Gasteiger partial charge on any atom is -0.488 e. The molecule has 1 fully saturated rings. The smallest absolute Gasteiger partial charge is 0.187 e. The highest BCUT2D eigenvalue weighted by atomic mass is 19.1. The van der Waals surface area contributed by atoms with Crippen molar-refractivity contribution in [3.63, 3.8) is 0 Å². The quantitative estimate of drug-likeness (QED) is 0.793. The Balaban J connectivity index is 1.74. The van der Waals surface area contributed by atoms with Crippen molar-refractivity contribution in [1.29, 1.82) is 0 Å². The number of carbonyl (C=O) groups excluding carboxylic acids is 1. The maximum Gasteiger partial charge on any atom is 0.187 e. The molecule has 3 heterocycles. The number of rotatable bonds is 5. The van der Waals surface area contributed by atoms with Gasteiger partial charge in [0.2, 0.25) is 0 Å². The molecule has 0 aromatic carbocycles. The van der Waals surface area contributed by atoms with Crippen LogP contribution in [0.5, 0.6) is 5.75 Å². The zero-order chi connectivity index (χ0) is 16.2. The van der Waals surface area contributed by atoms with Crippen LogP contribution in [0.3, 0.4) is 0 Å². The maximum atomic E-state index is 12.9. The molecule has 6 heteroatoms. The summed E-state index contributed by atoms with van der Waals surface area (Å²) < 4.78 is 24.0. The highest BCUT2D eigenvalue weighted by Crippen LogP contribution is 2.20. The second kappa shape index (κ2) is 6.83. The van der Waals surface area contributed by atoms with E-state index in [0.29, 0.717) is 36.0 Å². The number of ketones is 1. The van der Waals surface area contributed by atoms with E-state index in [4.69, 9.17) is 9.47 Å². The van der Waals surface area contributed by atoms with E-state index >= 15 is 0 Å². The van der Waals surface area contributed by atoms with Gasteiger partial charge in [-0.05, 0) is 19.1 Å². The summed E-state index contributed by atoms with van der Waals surface area (Å²) in [6.45, 7) is 3.06. The number of halogens is 1. The molecule has 1 saturated heterocycles. The van der Waals surface area contributed by atoms with Gasteiger partial charge in [-0.2, -0.15) is 0 Å². The van der Waals surface area contributed by atoms with Crippen LogP contribution in [0.25, 0.3) is 0 Å². The molecular formula is C17H17FN2O3. The van der Waals surface area contributed by atoms with Gasteiger partial charge in [0.1, 0.15) is 23.4 Å². The van der Waals surface area contributed by atoms with Gasteiger partial charge in [0, 0.05) is 29.9 Å². The molecule has 0 saturated carbocycles. The molecule has 23 heavy (non-hydrogen) atoms. The summed E-state index contributed by atoms with van der Waals surface area (Å²) in [6, 6.07) is 6.21. The van der Waals surface area contributed by atoms with Gasteiger partial charge in [-0.25, -0.2) is 9.37 Å². The maximum absolute atomic E-state index is 12.9. The fraction of sp³-hybridized carbons (Fsp3) is 0.353. The molecule has 0 radical (unpaired) electrons. The standard InChI is InChI=1S/C17H17FN2O3/c1-11-6-15(23-14-4-5-22-10-14)8-16(20-11)17(21)7-13-3-2-12(18)9-19-13/h2-3,6,8-9,14H,4-5,7,10H2,1H3/t14-/m0/s1. The van der Waals surface area contributed by atoms with Gasteiger partial charge in [-0.1, -0.05) is 0 Å². The first-order chi connectivity index (χ1) is 11.1. The Morgan fingerprint density at radius 2 is 2.30 bits per heavy atom. The van der Waals surface area contributed by atoms with E-state index in [1.54, 1.807) is 12.1 Å². The SMILES string of the molecule is Cc1cc(O[C@H]2CCOC2)cc(C(=O)Cc2ccc(F)cn2)n1.